The first kappa shape index (κ1) is 19.3. The Labute approximate surface area is 172 Å². The number of nitro groups is 1. The van der Waals surface area contributed by atoms with Crippen molar-refractivity contribution in [2.24, 2.45) is 0 Å². The molecule has 1 aromatic carbocycles. The van der Waals surface area contributed by atoms with Gasteiger partial charge in [0.2, 0.25) is 17.5 Å². The van der Waals surface area contributed by atoms with Crippen molar-refractivity contribution in [2.75, 3.05) is 18.2 Å². The van der Waals surface area contributed by atoms with E-state index in [4.69, 9.17) is 14.9 Å². The largest absolute Gasteiger partial charge is 0.465 e. The third-order valence-electron chi connectivity index (χ3n) is 4.25. The Morgan fingerprint density at radius 2 is 2.10 bits per heavy atom. The quantitative estimate of drug-likeness (QED) is 0.274. The van der Waals surface area contributed by atoms with Gasteiger partial charge in [0.05, 0.1) is 27.8 Å². The SMILES string of the molecule is COC(=O)c1c(C)oc(Nc2ncnc(N)c2[N+](=O)[O-])c1-c1nc2ccccc2s1. The van der Waals surface area contributed by atoms with Gasteiger partial charge in [-0.1, -0.05) is 12.1 Å². The molecule has 3 aromatic heterocycles. The maximum absolute atomic E-state index is 12.5. The van der Waals surface area contributed by atoms with E-state index < -0.39 is 16.6 Å². The number of benzene rings is 1. The number of carbonyl (C=O) groups is 1. The number of methoxy groups -OCH3 is 1. The average molecular weight is 426 g/mol. The summed E-state index contributed by atoms with van der Waals surface area (Å²) in [4.78, 5) is 35.3. The van der Waals surface area contributed by atoms with Crippen LogP contribution in [0.3, 0.4) is 0 Å². The molecule has 30 heavy (non-hydrogen) atoms. The van der Waals surface area contributed by atoms with Gasteiger partial charge < -0.3 is 20.2 Å². The Morgan fingerprint density at radius 3 is 2.80 bits per heavy atom. The minimum absolute atomic E-state index is 0.0492. The average Bonchev–Trinajstić information content (AvgIpc) is 3.27. The fourth-order valence-electron chi connectivity index (χ4n) is 2.94. The molecule has 0 fully saturated rings. The van der Waals surface area contributed by atoms with Crippen LogP contribution in [0.5, 0.6) is 0 Å². The number of furan rings is 1. The van der Waals surface area contributed by atoms with E-state index in [9.17, 15) is 14.9 Å². The molecule has 0 unspecified atom stereocenters. The van der Waals surface area contributed by atoms with Gasteiger partial charge in [-0.05, 0) is 19.1 Å². The fourth-order valence-corrected chi connectivity index (χ4v) is 3.95. The molecule has 0 aliphatic carbocycles. The van der Waals surface area contributed by atoms with Gasteiger partial charge in [0.15, 0.2) is 0 Å². The fraction of sp³-hybridized carbons (Fsp3) is 0.111. The van der Waals surface area contributed by atoms with E-state index in [-0.39, 0.29) is 28.8 Å². The molecule has 0 bridgehead atoms. The molecule has 0 radical (unpaired) electrons. The summed E-state index contributed by atoms with van der Waals surface area (Å²) < 4.78 is 11.5. The number of rotatable bonds is 5. The van der Waals surface area contributed by atoms with E-state index in [2.05, 4.69) is 20.3 Å². The van der Waals surface area contributed by atoms with E-state index >= 15 is 0 Å². The van der Waals surface area contributed by atoms with Crippen LogP contribution in [0, 0.1) is 17.0 Å². The Hall–Kier alpha value is -4.06. The number of hydrogen-bond acceptors (Lipinski definition) is 11. The van der Waals surface area contributed by atoms with Crippen LogP contribution in [0.15, 0.2) is 35.0 Å². The number of para-hydroxylation sites is 1. The summed E-state index contributed by atoms with van der Waals surface area (Å²) in [5.41, 5.74) is 6.32. The Morgan fingerprint density at radius 1 is 1.33 bits per heavy atom. The summed E-state index contributed by atoms with van der Waals surface area (Å²) in [6.45, 7) is 1.58. The highest BCUT2D eigenvalue weighted by Gasteiger charge is 2.30. The predicted molar refractivity (Wildman–Crippen MR) is 110 cm³/mol. The number of esters is 1. The van der Waals surface area contributed by atoms with Crippen LogP contribution in [0.4, 0.5) is 23.2 Å². The summed E-state index contributed by atoms with van der Waals surface area (Å²) in [5, 5.41) is 14.7. The summed E-state index contributed by atoms with van der Waals surface area (Å²) in [5.74, 6) is -0.817. The van der Waals surface area contributed by atoms with Gasteiger partial charge in [-0.2, -0.15) is 0 Å². The number of hydrogen-bond donors (Lipinski definition) is 2. The molecular formula is C18H14N6O5S. The van der Waals surface area contributed by atoms with E-state index in [0.29, 0.717) is 10.6 Å². The third-order valence-corrected chi connectivity index (χ3v) is 5.30. The Balaban J connectivity index is 1.92. The zero-order valence-electron chi connectivity index (χ0n) is 15.7. The maximum Gasteiger partial charge on any atom is 0.353 e. The van der Waals surface area contributed by atoms with Gasteiger partial charge in [-0.3, -0.25) is 10.1 Å². The lowest BCUT2D eigenvalue weighted by Crippen LogP contribution is -2.06. The molecule has 0 atom stereocenters. The number of nitrogens with two attached hydrogens (primary N) is 1. The molecule has 0 saturated heterocycles. The first-order chi connectivity index (χ1) is 14.4. The van der Waals surface area contributed by atoms with Gasteiger partial charge in [0.25, 0.3) is 0 Å². The molecule has 4 rings (SSSR count). The lowest BCUT2D eigenvalue weighted by molar-refractivity contribution is -0.383. The van der Waals surface area contributed by atoms with Crippen LogP contribution in [0.25, 0.3) is 20.8 Å². The molecule has 152 valence electrons. The summed E-state index contributed by atoms with van der Waals surface area (Å²) in [7, 11) is 1.25. The molecule has 4 aromatic rings. The number of anilines is 3. The molecule has 3 heterocycles. The number of nitrogens with one attached hydrogen (secondary N) is 1. The zero-order valence-corrected chi connectivity index (χ0v) is 16.5. The third kappa shape index (κ3) is 3.18. The summed E-state index contributed by atoms with van der Waals surface area (Å²) in [6, 6.07) is 7.45. The molecule has 0 amide bonds. The molecule has 11 nitrogen and oxygen atoms in total. The monoisotopic (exact) mass is 426 g/mol. The van der Waals surface area contributed by atoms with Gasteiger partial charge in [0.1, 0.15) is 22.7 Å². The number of fused-ring (bicyclic) bond motifs is 1. The predicted octanol–water partition coefficient (Wildman–Crippen LogP) is 3.68. The van der Waals surface area contributed by atoms with Gasteiger partial charge >= 0.3 is 11.7 Å². The lowest BCUT2D eigenvalue weighted by Gasteiger charge is -2.06. The van der Waals surface area contributed by atoms with E-state index in [1.165, 1.54) is 18.4 Å². The second-order valence-electron chi connectivity index (χ2n) is 6.05. The van der Waals surface area contributed by atoms with Gasteiger partial charge in [-0.15, -0.1) is 11.3 Å². The van der Waals surface area contributed by atoms with Crippen LogP contribution >= 0.6 is 11.3 Å². The first-order valence-electron chi connectivity index (χ1n) is 8.50. The minimum Gasteiger partial charge on any atom is -0.465 e. The Bertz CT molecular complexity index is 1260. The van der Waals surface area contributed by atoms with Crippen molar-refractivity contribution in [3.63, 3.8) is 0 Å². The molecule has 0 saturated carbocycles. The van der Waals surface area contributed by atoms with Crippen LogP contribution in [0.2, 0.25) is 0 Å². The maximum atomic E-state index is 12.5. The molecule has 0 aliphatic rings. The number of nitrogen functional groups attached to an aromatic ring is 1. The van der Waals surface area contributed by atoms with Crippen molar-refractivity contribution < 1.29 is 18.9 Å². The number of aromatic nitrogens is 3. The molecular weight excluding hydrogens is 412 g/mol. The van der Waals surface area contributed by atoms with Gasteiger partial charge in [0, 0.05) is 0 Å². The van der Waals surface area contributed by atoms with E-state index in [1.54, 1.807) is 6.92 Å². The number of carbonyl (C=O) groups excluding carboxylic acids is 1. The molecule has 12 heteroatoms. The van der Waals surface area contributed by atoms with Crippen LogP contribution in [-0.4, -0.2) is 33.0 Å². The second kappa shape index (κ2) is 7.40. The highest BCUT2D eigenvalue weighted by molar-refractivity contribution is 7.21. The molecule has 3 N–H and O–H groups in total. The summed E-state index contributed by atoms with van der Waals surface area (Å²) >= 11 is 1.33. The van der Waals surface area contributed by atoms with Crippen LogP contribution in [-0.2, 0) is 4.74 Å². The first-order valence-corrected chi connectivity index (χ1v) is 9.32. The molecule has 0 aliphatic heterocycles. The smallest absolute Gasteiger partial charge is 0.353 e. The number of thiazole rings is 1. The van der Waals surface area contributed by atoms with Crippen molar-refractivity contribution in [2.45, 2.75) is 6.92 Å². The van der Waals surface area contributed by atoms with Crippen molar-refractivity contribution in [3.8, 4) is 10.6 Å². The minimum atomic E-state index is -0.702. The second-order valence-corrected chi connectivity index (χ2v) is 7.08. The lowest BCUT2D eigenvalue weighted by atomic mass is 10.1. The standard InChI is InChI=1S/C18H14N6O5S/c1-8-11(18(25)28-2)12(17-22-9-5-3-4-6-10(9)30-17)16(29-8)23-15-13(24(26)27)14(19)20-7-21-15/h3-7H,1-2H3,(H3,19,20,21,23). The van der Waals surface area contributed by atoms with E-state index in [0.717, 1.165) is 16.5 Å². The highest BCUT2D eigenvalue weighted by atomic mass is 32.1. The van der Waals surface area contributed by atoms with E-state index in [1.807, 2.05) is 24.3 Å². The normalized spacial score (nSPS) is 10.9. The van der Waals surface area contributed by atoms with Crippen molar-refractivity contribution in [1.29, 1.82) is 0 Å². The number of nitrogens with zero attached hydrogens (tertiary/aromatic N) is 4. The van der Waals surface area contributed by atoms with Crippen molar-refractivity contribution in [3.05, 3.63) is 52.0 Å². The van der Waals surface area contributed by atoms with Crippen LogP contribution in [0.1, 0.15) is 16.1 Å². The topological polar surface area (TPSA) is 159 Å². The Kier molecular flexibility index (Phi) is 4.75. The number of aryl methyl sites for hydroxylation is 1. The van der Waals surface area contributed by atoms with Crippen LogP contribution < -0.4 is 11.1 Å². The number of ether oxygens (including phenoxy) is 1. The zero-order chi connectivity index (χ0) is 21.4. The van der Waals surface area contributed by atoms with Crippen molar-refractivity contribution in [1.82, 2.24) is 15.0 Å². The van der Waals surface area contributed by atoms with Gasteiger partial charge in [-0.25, -0.2) is 19.7 Å². The molecule has 0 spiro atoms. The van der Waals surface area contributed by atoms with Crippen molar-refractivity contribution >= 4 is 50.7 Å². The highest BCUT2D eigenvalue weighted by Crippen LogP contribution is 2.42. The summed E-state index contributed by atoms with van der Waals surface area (Å²) in [6.07, 6.45) is 1.08.